The molecule has 2 rings (SSSR count). The van der Waals surface area contributed by atoms with E-state index in [9.17, 15) is 26.4 Å². The Morgan fingerprint density at radius 1 is 1.19 bits per heavy atom. The van der Waals surface area contributed by atoms with Crippen molar-refractivity contribution in [2.24, 2.45) is 0 Å². The minimum Gasteiger partial charge on any atom is -0.460 e. The number of alkyl halides is 3. The van der Waals surface area contributed by atoms with Crippen LogP contribution in [0.3, 0.4) is 0 Å². The van der Waals surface area contributed by atoms with Gasteiger partial charge in [-0.1, -0.05) is 12.5 Å². The van der Waals surface area contributed by atoms with Gasteiger partial charge in [0.2, 0.25) is 0 Å². The summed E-state index contributed by atoms with van der Waals surface area (Å²) in [5.41, 5.74) is -4.58. The average molecular weight is 408 g/mol. The summed E-state index contributed by atoms with van der Waals surface area (Å²) in [6, 6.07) is 4.04. The molecule has 152 valence electrons. The average Bonchev–Trinajstić information content (AvgIpc) is 2.66. The van der Waals surface area contributed by atoms with Gasteiger partial charge in [-0.15, -0.1) is 0 Å². The lowest BCUT2D eigenvalue weighted by atomic mass is 9.90. The first-order valence-electron chi connectivity index (χ1n) is 8.64. The predicted octanol–water partition coefficient (Wildman–Crippen LogP) is 4.46. The third-order valence-corrected chi connectivity index (χ3v) is 5.10. The Hall–Kier alpha value is -1.77. The number of halogens is 3. The van der Waals surface area contributed by atoms with Gasteiger partial charge < -0.3 is 8.92 Å². The standard InChI is InChI=1S/C18H23F3O5S/c1-17(2,3)25-16(22)11-13-7-5-4-6-12-10-14(8-9-15(12)13)26-27(23,24)18(19,20)21/h8-10,13H,4-7,11H2,1-3H3/t13-/m0/s1. The second-order valence-electron chi connectivity index (χ2n) is 7.58. The summed E-state index contributed by atoms with van der Waals surface area (Å²) >= 11 is 0. The second kappa shape index (κ2) is 7.69. The molecule has 0 radical (unpaired) electrons. The normalized spacial score (nSPS) is 18.4. The Morgan fingerprint density at radius 3 is 2.44 bits per heavy atom. The molecule has 0 saturated heterocycles. The van der Waals surface area contributed by atoms with Gasteiger partial charge in [-0.3, -0.25) is 4.79 Å². The van der Waals surface area contributed by atoms with E-state index in [2.05, 4.69) is 4.18 Å². The molecule has 1 aliphatic rings. The van der Waals surface area contributed by atoms with Gasteiger partial charge in [0.1, 0.15) is 11.4 Å². The van der Waals surface area contributed by atoms with Gasteiger partial charge in [-0.2, -0.15) is 21.6 Å². The fourth-order valence-corrected chi connectivity index (χ4v) is 3.53. The molecular formula is C18H23F3O5S. The van der Waals surface area contributed by atoms with E-state index in [0.717, 1.165) is 24.8 Å². The fraction of sp³-hybridized carbons (Fsp3) is 0.611. The molecule has 0 bridgehead atoms. The molecule has 9 heteroatoms. The monoisotopic (exact) mass is 408 g/mol. The number of esters is 1. The summed E-state index contributed by atoms with van der Waals surface area (Å²) in [5, 5.41) is 0. The van der Waals surface area contributed by atoms with Crippen molar-refractivity contribution in [3.63, 3.8) is 0 Å². The van der Waals surface area contributed by atoms with E-state index in [-0.39, 0.29) is 24.1 Å². The van der Waals surface area contributed by atoms with Crippen LogP contribution in [0.1, 0.15) is 63.5 Å². The molecular weight excluding hydrogens is 385 g/mol. The zero-order valence-electron chi connectivity index (χ0n) is 15.4. The summed E-state index contributed by atoms with van der Waals surface area (Å²) in [7, 11) is -5.71. The number of aryl methyl sites for hydroxylation is 1. The first-order chi connectivity index (χ1) is 12.3. The summed E-state index contributed by atoms with van der Waals surface area (Å²) in [6.07, 6.45) is 3.11. The lowest BCUT2D eigenvalue weighted by molar-refractivity contribution is -0.155. The first-order valence-corrected chi connectivity index (χ1v) is 10.0. The van der Waals surface area contributed by atoms with Crippen LogP contribution < -0.4 is 4.18 Å². The van der Waals surface area contributed by atoms with Crippen molar-refractivity contribution < 1.29 is 35.3 Å². The van der Waals surface area contributed by atoms with Crippen LogP contribution in [0.25, 0.3) is 0 Å². The molecule has 0 fully saturated rings. The van der Waals surface area contributed by atoms with Crippen LogP contribution in [0, 0.1) is 0 Å². The minimum atomic E-state index is -5.71. The summed E-state index contributed by atoms with van der Waals surface area (Å²) < 4.78 is 69.4. The van der Waals surface area contributed by atoms with Crippen LogP contribution in [0.4, 0.5) is 13.2 Å². The highest BCUT2D eigenvalue weighted by Crippen LogP contribution is 2.36. The maximum absolute atomic E-state index is 12.5. The zero-order chi connectivity index (χ0) is 20.5. The molecule has 1 aromatic carbocycles. The van der Waals surface area contributed by atoms with E-state index in [1.807, 2.05) is 0 Å². The highest BCUT2D eigenvalue weighted by atomic mass is 32.2. The molecule has 0 spiro atoms. The SMILES string of the molecule is CC(C)(C)OC(=O)C[C@@H]1CCCCc2cc(OS(=O)(=O)C(F)(F)F)ccc21. The number of ether oxygens (including phenoxy) is 1. The third kappa shape index (κ3) is 5.85. The van der Waals surface area contributed by atoms with Crippen molar-refractivity contribution in [2.75, 3.05) is 0 Å². The lowest BCUT2D eigenvalue weighted by Gasteiger charge is -2.23. The number of carbonyl (C=O) groups excluding carboxylic acids is 1. The molecule has 0 amide bonds. The van der Waals surface area contributed by atoms with Gasteiger partial charge in [0.25, 0.3) is 0 Å². The maximum atomic E-state index is 12.5. The number of rotatable bonds is 4. The molecule has 0 N–H and O–H groups in total. The van der Waals surface area contributed by atoms with Gasteiger partial charge in [-0.05, 0) is 69.2 Å². The van der Waals surface area contributed by atoms with Gasteiger partial charge >= 0.3 is 21.6 Å². The number of fused-ring (bicyclic) bond motifs is 1. The zero-order valence-corrected chi connectivity index (χ0v) is 16.2. The summed E-state index contributed by atoms with van der Waals surface area (Å²) in [4.78, 5) is 12.2. The third-order valence-electron chi connectivity index (χ3n) is 4.13. The smallest absolute Gasteiger partial charge is 0.460 e. The largest absolute Gasteiger partial charge is 0.534 e. The van der Waals surface area contributed by atoms with Gasteiger partial charge in [0.15, 0.2) is 0 Å². The van der Waals surface area contributed by atoms with Crippen molar-refractivity contribution >= 4 is 16.1 Å². The fourth-order valence-electron chi connectivity index (χ4n) is 3.08. The van der Waals surface area contributed by atoms with Crippen LogP contribution in [0.5, 0.6) is 5.75 Å². The Labute approximate surface area is 157 Å². The summed E-state index contributed by atoms with van der Waals surface area (Å²) in [5.74, 6) is -0.866. The molecule has 0 aromatic heterocycles. The van der Waals surface area contributed by atoms with E-state index in [4.69, 9.17) is 4.74 Å². The molecule has 1 aromatic rings. The van der Waals surface area contributed by atoms with Crippen LogP contribution >= 0.6 is 0 Å². The molecule has 0 aliphatic heterocycles. The molecule has 0 saturated carbocycles. The minimum absolute atomic E-state index is 0.134. The van der Waals surface area contributed by atoms with Gasteiger partial charge in [0.05, 0.1) is 6.42 Å². The van der Waals surface area contributed by atoms with Crippen LogP contribution in [0.2, 0.25) is 0 Å². The van der Waals surface area contributed by atoms with Crippen molar-refractivity contribution in [3.8, 4) is 5.75 Å². The number of carbonyl (C=O) groups is 1. The molecule has 0 heterocycles. The molecule has 1 atom stereocenters. The topological polar surface area (TPSA) is 69.7 Å². The van der Waals surface area contributed by atoms with Crippen molar-refractivity contribution in [3.05, 3.63) is 29.3 Å². The van der Waals surface area contributed by atoms with Crippen LogP contribution in [-0.4, -0.2) is 25.5 Å². The summed E-state index contributed by atoms with van der Waals surface area (Å²) in [6.45, 7) is 5.32. The number of hydrogen-bond donors (Lipinski definition) is 0. The molecule has 27 heavy (non-hydrogen) atoms. The van der Waals surface area contributed by atoms with Crippen molar-refractivity contribution in [1.29, 1.82) is 0 Å². The molecule has 5 nitrogen and oxygen atoms in total. The Bertz CT molecular complexity index is 794. The van der Waals surface area contributed by atoms with Gasteiger partial charge in [0, 0.05) is 0 Å². The van der Waals surface area contributed by atoms with Crippen molar-refractivity contribution in [2.45, 2.75) is 69.9 Å². The van der Waals surface area contributed by atoms with E-state index < -0.39 is 21.2 Å². The lowest BCUT2D eigenvalue weighted by Crippen LogP contribution is -2.28. The molecule has 1 aliphatic carbocycles. The van der Waals surface area contributed by atoms with Crippen molar-refractivity contribution in [1.82, 2.24) is 0 Å². The quantitative estimate of drug-likeness (QED) is 0.318. The second-order valence-corrected chi connectivity index (χ2v) is 9.11. The Kier molecular flexibility index (Phi) is 6.13. The Morgan fingerprint density at radius 2 is 1.85 bits per heavy atom. The maximum Gasteiger partial charge on any atom is 0.534 e. The van der Waals surface area contributed by atoms with Crippen LogP contribution in [0.15, 0.2) is 18.2 Å². The number of hydrogen-bond acceptors (Lipinski definition) is 5. The Balaban J connectivity index is 2.23. The van der Waals surface area contributed by atoms with E-state index in [0.29, 0.717) is 12.0 Å². The molecule has 0 unspecified atom stereocenters. The van der Waals surface area contributed by atoms with Gasteiger partial charge in [-0.25, -0.2) is 0 Å². The highest BCUT2D eigenvalue weighted by molar-refractivity contribution is 7.88. The first kappa shape index (κ1) is 21.5. The predicted molar refractivity (Wildman–Crippen MR) is 92.8 cm³/mol. The number of benzene rings is 1. The van der Waals surface area contributed by atoms with Crippen LogP contribution in [-0.2, 0) is 26.1 Å². The van der Waals surface area contributed by atoms with E-state index >= 15 is 0 Å². The van der Waals surface area contributed by atoms with E-state index in [1.165, 1.54) is 18.2 Å². The highest BCUT2D eigenvalue weighted by Gasteiger charge is 2.48. The van der Waals surface area contributed by atoms with E-state index in [1.54, 1.807) is 20.8 Å².